The molecule has 3 fully saturated rings. The minimum absolute atomic E-state index is 0.0771. The smallest absolute Gasteiger partial charge is 0.226 e. The van der Waals surface area contributed by atoms with Crippen molar-refractivity contribution in [2.75, 3.05) is 29.9 Å². The fraction of sp³-hybridized carbons (Fsp3) is 0.591. The number of aromatic nitrogens is 4. The largest absolute Gasteiger partial charge is 0.366 e. The summed E-state index contributed by atoms with van der Waals surface area (Å²) >= 11 is 0. The van der Waals surface area contributed by atoms with Crippen LogP contribution in [0.25, 0.3) is 11.4 Å². The molecular formula is C22H28N8O. The Bertz CT molecular complexity index is 1030. The molecule has 0 aromatic carbocycles. The number of piperazine rings is 1. The number of amides is 1. The van der Waals surface area contributed by atoms with E-state index in [9.17, 15) is 10.1 Å². The van der Waals surface area contributed by atoms with Gasteiger partial charge in [-0.2, -0.15) is 10.4 Å². The molecule has 1 aliphatic heterocycles. The van der Waals surface area contributed by atoms with Gasteiger partial charge in [0.2, 0.25) is 5.91 Å². The molecule has 162 valence electrons. The van der Waals surface area contributed by atoms with E-state index in [0.29, 0.717) is 48.7 Å². The van der Waals surface area contributed by atoms with E-state index in [1.54, 1.807) is 10.9 Å². The second-order valence-corrected chi connectivity index (χ2v) is 8.98. The number of rotatable bonds is 5. The van der Waals surface area contributed by atoms with Crippen LogP contribution in [0.3, 0.4) is 0 Å². The number of nitrogens with zero attached hydrogens (tertiary/aromatic N) is 7. The summed E-state index contributed by atoms with van der Waals surface area (Å²) < 4.78 is 1.72. The molecule has 2 aromatic rings. The molecule has 1 N–H and O–H groups in total. The molecule has 0 spiro atoms. The summed E-state index contributed by atoms with van der Waals surface area (Å²) in [5.74, 6) is 2.30. The van der Waals surface area contributed by atoms with E-state index in [1.165, 1.54) is 6.42 Å². The molecule has 0 bridgehead atoms. The van der Waals surface area contributed by atoms with Crippen LogP contribution in [0.2, 0.25) is 0 Å². The third-order valence-electron chi connectivity index (χ3n) is 6.55. The number of nitriles is 1. The summed E-state index contributed by atoms with van der Waals surface area (Å²) in [6.07, 6.45) is 9.03. The maximum absolute atomic E-state index is 12.6. The summed E-state index contributed by atoms with van der Waals surface area (Å²) in [6, 6.07) is 2.77. The molecule has 9 nitrogen and oxygen atoms in total. The molecule has 2 aromatic heterocycles. The van der Waals surface area contributed by atoms with Crippen molar-refractivity contribution in [1.29, 1.82) is 5.26 Å². The van der Waals surface area contributed by atoms with Crippen molar-refractivity contribution in [1.82, 2.24) is 24.6 Å². The summed E-state index contributed by atoms with van der Waals surface area (Å²) in [5, 5.41) is 17.7. The van der Waals surface area contributed by atoms with E-state index in [-0.39, 0.29) is 17.9 Å². The van der Waals surface area contributed by atoms with Gasteiger partial charge >= 0.3 is 0 Å². The number of hydrogen-bond donors (Lipinski definition) is 1. The van der Waals surface area contributed by atoms with Gasteiger partial charge in [-0.1, -0.05) is 0 Å². The molecule has 0 radical (unpaired) electrons. The Labute approximate surface area is 182 Å². The van der Waals surface area contributed by atoms with Crippen LogP contribution >= 0.6 is 0 Å². The molecule has 2 saturated carbocycles. The predicted molar refractivity (Wildman–Crippen MR) is 116 cm³/mol. The van der Waals surface area contributed by atoms with E-state index in [1.807, 2.05) is 18.1 Å². The minimum atomic E-state index is 0.0771. The molecule has 1 atom stereocenters. The van der Waals surface area contributed by atoms with Crippen molar-refractivity contribution >= 4 is 17.5 Å². The highest BCUT2D eigenvalue weighted by atomic mass is 16.2. The molecule has 3 aliphatic rings. The van der Waals surface area contributed by atoms with Gasteiger partial charge in [-0.05, 0) is 39.0 Å². The van der Waals surface area contributed by atoms with Gasteiger partial charge in [0.05, 0.1) is 11.8 Å². The average molecular weight is 421 g/mol. The van der Waals surface area contributed by atoms with Gasteiger partial charge in [0.25, 0.3) is 0 Å². The Morgan fingerprint density at radius 1 is 1.23 bits per heavy atom. The Morgan fingerprint density at radius 3 is 2.61 bits per heavy atom. The molecule has 9 heteroatoms. The molecule has 3 heterocycles. The lowest BCUT2D eigenvalue weighted by molar-refractivity contribution is -0.134. The summed E-state index contributed by atoms with van der Waals surface area (Å²) in [4.78, 5) is 26.3. The Kier molecular flexibility index (Phi) is 5.00. The Hall–Kier alpha value is -3.15. The first-order valence-electron chi connectivity index (χ1n) is 11.2. The van der Waals surface area contributed by atoms with Crippen LogP contribution in [0.5, 0.6) is 0 Å². The van der Waals surface area contributed by atoms with Crippen molar-refractivity contribution in [3.8, 4) is 17.5 Å². The lowest BCUT2D eigenvalue weighted by Crippen LogP contribution is -2.55. The van der Waals surface area contributed by atoms with Gasteiger partial charge in [0.1, 0.15) is 11.6 Å². The number of hydrogen-bond acceptors (Lipinski definition) is 7. The van der Waals surface area contributed by atoms with E-state index in [0.717, 1.165) is 31.2 Å². The monoisotopic (exact) mass is 420 g/mol. The van der Waals surface area contributed by atoms with Gasteiger partial charge in [-0.25, -0.2) is 9.97 Å². The molecule has 31 heavy (non-hydrogen) atoms. The third kappa shape index (κ3) is 3.82. The molecule has 2 aliphatic carbocycles. The first kappa shape index (κ1) is 19.8. The number of aryl methyl sites for hydroxylation is 1. The number of carbonyl (C=O) groups is 1. The van der Waals surface area contributed by atoms with Crippen LogP contribution in [0.4, 0.5) is 11.6 Å². The zero-order valence-corrected chi connectivity index (χ0v) is 18.1. The summed E-state index contributed by atoms with van der Waals surface area (Å²) in [5.41, 5.74) is 1.30. The van der Waals surface area contributed by atoms with E-state index < -0.39 is 0 Å². The standard InChI is InChI=1S/C22H28N8O/c1-14-12-29(8-9-30(14)22(31)15-6-7-15)21-18(10-23)20(25-17-4-3-5-17)26-19(27-21)16-11-24-28(2)13-16/h11,13-15,17H,3-9,12H2,1-2H3,(H,25,26,27)/t14-/m1/s1. The number of anilines is 2. The van der Waals surface area contributed by atoms with Crippen LogP contribution in [-0.2, 0) is 11.8 Å². The molecule has 1 amide bonds. The van der Waals surface area contributed by atoms with Crippen LogP contribution in [0, 0.1) is 17.2 Å². The number of nitrogens with one attached hydrogen (secondary N) is 1. The van der Waals surface area contributed by atoms with Crippen molar-refractivity contribution < 1.29 is 4.79 Å². The maximum atomic E-state index is 12.6. The number of carbonyl (C=O) groups excluding carboxylic acids is 1. The van der Waals surface area contributed by atoms with Gasteiger partial charge in [-0.15, -0.1) is 0 Å². The van der Waals surface area contributed by atoms with Crippen LogP contribution in [0.15, 0.2) is 12.4 Å². The lowest BCUT2D eigenvalue weighted by atomic mass is 9.93. The maximum Gasteiger partial charge on any atom is 0.226 e. The van der Waals surface area contributed by atoms with Gasteiger partial charge in [0, 0.05) is 50.9 Å². The first-order chi connectivity index (χ1) is 15.0. The van der Waals surface area contributed by atoms with Crippen LogP contribution < -0.4 is 10.2 Å². The second-order valence-electron chi connectivity index (χ2n) is 8.98. The van der Waals surface area contributed by atoms with Crippen LogP contribution in [-0.4, -0.2) is 62.3 Å². The molecule has 0 unspecified atom stereocenters. The highest BCUT2D eigenvalue weighted by Crippen LogP contribution is 2.34. The lowest BCUT2D eigenvalue weighted by Gasteiger charge is -2.41. The zero-order valence-electron chi connectivity index (χ0n) is 18.1. The minimum Gasteiger partial charge on any atom is -0.366 e. The second kappa shape index (κ2) is 7.84. The quantitative estimate of drug-likeness (QED) is 0.791. The summed E-state index contributed by atoms with van der Waals surface area (Å²) in [6.45, 7) is 4.04. The SMILES string of the molecule is C[C@@H]1CN(c2nc(-c3cnn(C)c3)nc(NC3CCC3)c2C#N)CCN1C(=O)C1CC1. The normalized spacial score (nSPS) is 21.5. The van der Waals surface area contributed by atoms with Crippen LogP contribution in [0.1, 0.15) is 44.6 Å². The highest BCUT2D eigenvalue weighted by Gasteiger charge is 2.38. The molecule has 1 saturated heterocycles. The van der Waals surface area contributed by atoms with Gasteiger partial charge in [0.15, 0.2) is 17.5 Å². The van der Waals surface area contributed by atoms with E-state index >= 15 is 0 Å². The predicted octanol–water partition coefficient (Wildman–Crippen LogP) is 2.16. The Morgan fingerprint density at radius 2 is 2.03 bits per heavy atom. The molecule has 5 rings (SSSR count). The molecular weight excluding hydrogens is 392 g/mol. The topological polar surface area (TPSA) is 103 Å². The third-order valence-corrected chi connectivity index (χ3v) is 6.55. The zero-order chi connectivity index (χ0) is 21.5. The average Bonchev–Trinajstić information content (AvgIpc) is 3.50. The van der Waals surface area contributed by atoms with Crippen molar-refractivity contribution in [2.24, 2.45) is 13.0 Å². The summed E-state index contributed by atoms with van der Waals surface area (Å²) in [7, 11) is 1.86. The Balaban J connectivity index is 1.48. The van der Waals surface area contributed by atoms with Crippen molar-refractivity contribution in [3.63, 3.8) is 0 Å². The van der Waals surface area contributed by atoms with Gasteiger partial charge in [-0.3, -0.25) is 9.48 Å². The fourth-order valence-corrected chi connectivity index (χ4v) is 4.34. The fourth-order valence-electron chi connectivity index (χ4n) is 4.34. The van der Waals surface area contributed by atoms with Gasteiger partial charge < -0.3 is 15.1 Å². The van der Waals surface area contributed by atoms with E-state index in [2.05, 4.69) is 28.3 Å². The van der Waals surface area contributed by atoms with E-state index in [4.69, 9.17) is 9.97 Å². The van der Waals surface area contributed by atoms with Crippen molar-refractivity contribution in [3.05, 3.63) is 18.0 Å². The van der Waals surface area contributed by atoms with Crippen molar-refractivity contribution in [2.45, 2.75) is 51.1 Å². The highest BCUT2D eigenvalue weighted by molar-refractivity contribution is 5.81. The first-order valence-corrected chi connectivity index (χ1v) is 11.2.